The zero-order valence-electron chi connectivity index (χ0n) is 13.5. The molecule has 5 rings (SSSR count). The summed E-state index contributed by atoms with van der Waals surface area (Å²) in [4.78, 5) is 12.7. The largest absolute Gasteiger partial charge is 0.462 e. The van der Waals surface area contributed by atoms with Crippen LogP contribution in [0.2, 0.25) is 0 Å². The third kappa shape index (κ3) is 2.60. The second-order valence-corrected chi connectivity index (χ2v) is 8.06. The first-order valence-corrected chi connectivity index (χ1v) is 8.72. The second-order valence-electron chi connectivity index (χ2n) is 8.06. The number of carbonyl (C=O) groups is 1. The number of esters is 1. The molecule has 23 heavy (non-hydrogen) atoms. The van der Waals surface area contributed by atoms with Crippen LogP contribution in [0.15, 0.2) is 0 Å². The molecule has 2 N–H and O–H groups in total. The van der Waals surface area contributed by atoms with E-state index in [4.69, 9.17) is 14.2 Å². The fraction of sp³-hybridized carbons (Fsp3) is 0.941. The van der Waals surface area contributed by atoms with Gasteiger partial charge in [0, 0.05) is 7.11 Å². The van der Waals surface area contributed by atoms with E-state index in [0.29, 0.717) is 17.8 Å². The van der Waals surface area contributed by atoms with Gasteiger partial charge in [0.25, 0.3) is 0 Å². The normalized spacial score (nSPS) is 51.2. The van der Waals surface area contributed by atoms with E-state index in [0.717, 1.165) is 19.3 Å². The third-order valence-corrected chi connectivity index (χ3v) is 6.40. The molecule has 0 aromatic heterocycles. The lowest BCUT2D eigenvalue weighted by atomic mass is 9.49. The zero-order valence-corrected chi connectivity index (χ0v) is 13.5. The minimum absolute atomic E-state index is 0.0291. The molecule has 0 spiro atoms. The third-order valence-electron chi connectivity index (χ3n) is 6.40. The Balaban J connectivity index is 1.37. The van der Waals surface area contributed by atoms with Gasteiger partial charge in [-0.25, -0.2) is 0 Å². The number of ether oxygens (including phenoxy) is 3. The van der Waals surface area contributed by atoms with Crippen molar-refractivity contribution in [3.63, 3.8) is 0 Å². The number of aliphatic hydroxyl groups excluding tert-OH is 2. The molecular formula is C17H26O6. The minimum atomic E-state index is -1.11. The molecule has 0 unspecified atom stereocenters. The second kappa shape index (κ2) is 5.69. The van der Waals surface area contributed by atoms with Gasteiger partial charge in [0.1, 0.15) is 24.9 Å². The average Bonchev–Trinajstić information content (AvgIpc) is 2.79. The first-order valence-electron chi connectivity index (χ1n) is 8.72. The number of hydrogen-bond acceptors (Lipinski definition) is 6. The van der Waals surface area contributed by atoms with E-state index in [9.17, 15) is 15.0 Å². The lowest BCUT2D eigenvalue weighted by Gasteiger charge is -2.55. The summed E-state index contributed by atoms with van der Waals surface area (Å²) in [5, 5.41) is 19.7. The number of rotatable bonds is 4. The molecule has 0 aromatic carbocycles. The summed E-state index contributed by atoms with van der Waals surface area (Å²) in [5.41, 5.74) is -0.308. The van der Waals surface area contributed by atoms with E-state index >= 15 is 0 Å². The van der Waals surface area contributed by atoms with Gasteiger partial charge in [-0.05, 0) is 56.3 Å². The highest BCUT2D eigenvalue weighted by atomic mass is 16.7. The Hall–Kier alpha value is -0.690. The molecule has 6 nitrogen and oxygen atoms in total. The highest BCUT2D eigenvalue weighted by molar-refractivity contribution is 5.77. The first kappa shape index (κ1) is 15.8. The van der Waals surface area contributed by atoms with Crippen molar-refractivity contribution in [2.75, 3.05) is 13.7 Å². The van der Waals surface area contributed by atoms with Crippen LogP contribution < -0.4 is 0 Å². The smallest absolute Gasteiger partial charge is 0.312 e. The Morgan fingerprint density at radius 2 is 1.65 bits per heavy atom. The van der Waals surface area contributed by atoms with Gasteiger partial charge >= 0.3 is 5.97 Å². The number of methoxy groups -OCH3 is 1. The maximum atomic E-state index is 12.7. The van der Waals surface area contributed by atoms with Crippen LogP contribution in [-0.4, -0.2) is 54.5 Å². The van der Waals surface area contributed by atoms with Crippen molar-refractivity contribution in [3.05, 3.63) is 0 Å². The highest BCUT2D eigenvalue weighted by Crippen LogP contribution is 2.60. The molecule has 4 aliphatic carbocycles. The summed E-state index contributed by atoms with van der Waals surface area (Å²) in [6, 6.07) is 0. The van der Waals surface area contributed by atoms with E-state index in [-0.39, 0.29) is 18.0 Å². The molecule has 1 saturated heterocycles. The summed E-state index contributed by atoms with van der Waals surface area (Å²) in [6.45, 7) is -0.0291. The zero-order chi connectivity index (χ0) is 16.2. The van der Waals surface area contributed by atoms with E-state index in [1.165, 1.54) is 26.4 Å². The molecule has 4 saturated carbocycles. The predicted molar refractivity (Wildman–Crippen MR) is 79.2 cm³/mol. The number of hydrogen-bond donors (Lipinski definition) is 2. The molecule has 0 radical (unpaired) electrons. The molecule has 130 valence electrons. The van der Waals surface area contributed by atoms with Crippen molar-refractivity contribution in [1.29, 1.82) is 0 Å². The molecule has 4 bridgehead atoms. The lowest BCUT2D eigenvalue weighted by Crippen LogP contribution is -2.51. The Morgan fingerprint density at radius 1 is 1.09 bits per heavy atom. The SMILES string of the molecule is CO[C@H]1O[C@H](COC(=O)C23CC4CC(CC(C4)C2)C3)[C@@H](O)[C@H]1O. The summed E-state index contributed by atoms with van der Waals surface area (Å²) in [6.07, 6.45) is 2.89. The summed E-state index contributed by atoms with van der Waals surface area (Å²) in [7, 11) is 1.41. The molecule has 4 atom stereocenters. The van der Waals surface area contributed by atoms with E-state index in [2.05, 4.69) is 0 Å². The van der Waals surface area contributed by atoms with Crippen molar-refractivity contribution in [2.24, 2.45) is 23.2 Å². The molecule has 6 heteroatoms. The first-order chi connectivity index (χ1) is 11.0. The van der Waals surface area contributed by atoms with E-state index in [1.807, 2.05) is 0 Å². The van der Waals surface area contributed by atoms with Crippen molar-refractivity contribution in [1.82, 2.24) is 0 Å². The number of aliphatic hydroxyl groups is 2. The fourth-order valence-corrected chi connectivity index (χ4v) is 5.72. The standard InChI is InChI=1S/C17H26O6/c1-21-15-14(19)13(18)12(23-15)8-22-16(20)17-5-9-2-10(6-17)4-11(3-9)7-17/h9-15,18-19H,2-8H2,1H3/t9?,10?,11?,12-,13-,14-,15+,17?/m1/s1. The van der Waals surface area contributed by atoms with Crippen LogP contribution in [0.25, 0.3) is 0 Å². The molecule has 5 fully saturated rings. The van der Waals surface area contributed by atoms with Gasteiger partial charge in [0.2, 0.25) is 0 Å². The molecule has 1 aliphatic heterocycles. The lowest BCUT2D eigenvalue weighted by molar-refractivity contribution is -0.182. The van der Waals surface area contributed by atoms with Crippen LogP contribution in [0.4, 0.5) is 0 Å². The van der Waals surface area contributed by atoms with Crippen molar-refractivity contribution in [3.8, 4) is 0 Å². The van der Waals surface area contributed by atoms with Crippen LogP contribution >= 0.6 is 0 Å². The van der Waals surface area contributed by atoms with Crippen molar-refractivity contribution >= 4 is 5.97 Å². The molecule has 0 amide bonds. The van der Waals surface area contributed by atoms with Crippen LogP contribution in [0.5, 0.6) is 0 Å². The van der Waals surface area contributed by atoms with Gasteiger partial charge in [0.05, 0.1) is 5.41 Å². The summed E-state index contributed by atoms with van der Waals surface area (Å²) >= 11 is 0. The van der Waals surface area contributed by atoms with Gasteiger partial charge in [-0.15, -0.1) is 0 Å². The van der Waals surface area contributed by atoms with Crippen molar-refractivity contribution < 1.29 is 29.2 Å². The maximum absolute atomic E-state index is 12.7. The molecular weight excluding hydrogens is 300 g/mol. The van der Waals surface area contributed by atoms with Gasteiger partial charge in [-0.2, -0.15) is 0 Å². The van der Waals surface area contributed by atoms with Gasteiger partial charge < -0.3 is 24.4 Å². The highest BCUT2D eigenvalue weighted by Gasteiger charge is 2.56. The van der Waals surface area contributed by atoms with Crippen molar-refractivity contribution in [2.45, 2.75) is 63.1 Å². The monoisotopic (exact) mass is 326 g/mol. The van der Waals surface area contributed by atoms with Crippen LogP contribution in [0, 0.1) is 23.2 Å². The molecule has 1 heterocycles. The average molecular weight is 326 g/mol. The molecule has 0 aromatic rings. The van der Waals surface area contributed by atoms with E-state index in [1.54, 1.807) is 0 Å². The van der Waals surface area contributed by atoms with Gasteiger partial charge in [-0.3, -0.25) is 4.79 Å². The molecule has 5 aliphatic rings. The van der Waals surface area contributed by atoms with Gasteiger partial charge in [0.15, 0.2) is 6.29 Å². The Kier molecular flexibility index (Phi) is 3.91. The Bertz CT molecular complexity index is 442. The minimum Gasteiger partial charge on any atom is -0.462 e. The topological polar surface area (TPSA) is 85.2 Å². The maximum Gasteiger partial charge on any atom is 0.312 e. The predicted octanol–water partition coefficient (Wildman–Crippen LogP) is 0.839. The summed E-state index contributed by atoms with van der Waals surface area (Å²) in [5.74, 6) is 1.91. The summed E-state index contributed by atoms with van der Waals surface area (Å²) < 4.78 is 15.9. The quantitative estimate of drug-likeness (QED) is 0.745. The van der Waals surface area contributed by atoms with E-state index < -0.39 is 24.6 Å². The Morgan fingerprint density at radius 3 is 2.13 bits per heavy atom. The van der Waals surface area contributed by atoms with Crippen LogP contribution in [0.3, 0.4) is 0 Å². The van der Waals surface area contributed by atoms with Crippen LogP contribution in [-0.2, 0) is 19.0 Å². The van der Waals surface area contributed by atoms with Crippen LogP contribution in [0.1, 0.15) is 38.5 Å². The fourth-order valence-electron chi connectivity index (χ4n) is 5.72. The number of carbonyl (C=O) groups excluding carboxylic acids is 1. The Labute approximate surface area is 136 Å². The van der Waals surface area contributed by atoms with Gasteiger partial charge in [-0.1, -0.05) is 0 Å².